The highest BCUT2D eigenvalue weighted by molar-refractivity contribution is 9.10. The molecule has 0 aliphatic heterocycles. The van der Waals surface area contributed by atoms with Gasteiger partial charge in [-0.05, 0) is 41.3 Å². The Balaban J connectivity index is 1.57. The molecule has 5 rings (SSSR count). The molecule has 26 heavy (non-hydrogen) atoms. The highest BCUT2D eigenvalue weighted by Crippen LogP contribution is 2.28. The zero-order valence-electron chi connectivity index (χ0n) is 13.7. The van der Waals surface area contributed by atoms with Crippen LogP contribution in [0.1, 0.15) is 0 Å². The molecular formula is C21H13BrN4. The van der Waals surface area contributed by atoms with E-state index in [-0.39, 0.29) is 0 Å². The van der Waals surface area contributed by atoms with Gasteiger partial charge in [-0.2, -0.15) is 4.80 Å². The Labute approximate surface area is 158 Å². The zero-order chi connectivity index (χ0) is 17.5. The fourth-order valence-electron chi connectivity index (χ4n) is 3.12. The Morgan fingerprint density at radius 1 is 0.769 bits per heavy atom. The van der Waals surface area contributed by atoms with Crippen LogP contribution in [0.15, 0.2) is 83.6 Å². The van der Waals surface area contributed by atoms with Crippen molar-refractivity contribution in [1.82, 2.24) is 20.0 Å². The van der Waals surface area contributed by atoms with Gasteiger partial charge in [0.2, 0.25) is 0 Å². The summed E-state index contributed by atoms with van der Waals surface area (Å²) in [7, 11) is 0. The summed E-state index contributed by atoms with van der Waals surface area (Å²) in [5.41, 5.74) is 4.90. The minimum absolute atomic E-state index is 0.863. The molecule has 2 heterocycles. The molecule has 124 valence electrons. The molecule has 0 fully saturated rings. The van der Waals surface area contributed by atoms with Crippen molar-refractivity contribution in [3.8, 4) is 16.8 Å². The fraction of sp³-hybridized carbons (Fsp3) is 0. The Kier molecular flexibility index (Phi) is 3.53. The van der Waals surface area contributed by atoms with Gasteiger partial charge >= 0.3 is 0 Å². The second-order valence-electron chi connectivity index (χ2n) is 6.08. The Morgan fingerprint density at radius 3 is 2.46 bits per heavy atom. The molecule has 3 aromatic carbocycles. The van der Waals surface area contributed by atoms with Crippen molar-refractivity contribution < 1.29 is 0 Å². The van der Waals surface area contributed by atoms with Crippen molar-refractivity contribution in [2.24, 2.45) is 0 Å². The molecule has 0 amide bonds. The van der Waals surface area contributed by atoms with Crippen LogP contribution in [0.25, 0.3) is 38.6 Å². The number of aromatic nitrogens is 4. The van der Waals surface area contributed by atoms with Gasteiger partial charge < -0.3 is 0 Å². The monoisotopic (exact) mass is 400 g/mol. The molecule has 0 spiro atoms. The van der Waals surface area contributed by atoms with Crippen LogP contribution < -0.4 is 0 Å². The van der Waals surface area contributed by atoms with E-state index < -0.39 is 0 Å². The predicted octanol–water partition coefficient (Wildman–Crippen LogP) is 5.40. The van der Waals surface area contributed by atoms with Crippen LogP contribution in [-0.4, -0.2) is 20.0 Å². The minimum Gasteiger partial charge on any atom is -0.263 e. The van der Waals surface area contributed by atoms with E-state index in [1.54, 1.807) is 4.80 Å². The summed E-state index contributed by atoms with van der Waals surface area (Å²) >= 11 is 3.47. The summed E-state index contributed by atoms with van der Waals surface area (Å²) in [5.74, 6) is 0. The van der Waals surface area contributed by atoms with Gasteiger partial charge in [0.25, 0.3) is 0 Å². The van der Waals surface area contributed by atoms with Gasteiger partial charge in [-0.1, -0.05) is 52.3 Å². The third kappa shape index (κ3) is 2.57. The third-order valence-corrected chi connectivity index (χ3v) is 4.91. The van der Waals surface area contributed by atoms with Crippen LogP contribution >= 0.6 is 15.9 Å². The smallest absolute Gasteiger partial charge is 0.114 e. The van der Waals surface area contributed by atoms with Crippen LogP contribution in [0.2, 0.25) is 0 Å². The van der Waals surface area contributed by atoms with E-state index in [9.17, 15) is 0 Å². The van der Waals surface area contributed by atoms with E-state index in [0.29, 0.717) is 0 Å². The van der Waals surface area contributed by atoms with E-state index in [0.717, 1.165) is 37.7 Å². The van der Waals surface area contributed by atoms with Gasteiger partial charge in [-0.25, -0.2) is 0 Å². The van der Waals surface area contributed by atoms with Crippen molar-refractivity contribution in [1.29, 1.82) is 0 Å². The molecule has 5 heteroatoms. The molecule has 0 radical (unpaired) electrons. The maximum absolute atomic E-state index is 4.56. The van der Waals surface area contributed by atoms with Gasteiger partial charge in [0.05, 0.1) is 5.69 Å². The average molecular weight is 401 g/mol. The third-order valence-electron chi connectivity index (χ3n) is 4.42. The number of halogens is 1. The summed E-state index contributed by atoms with van der Waals surface area (Å²) in [5, 5.41) is 11.4. The fourth-order valence-corrected chi connectivity index (χ4v) is 3.47. The zero-order valence-corrected chi connectivity index (χ0v) is 15.3. The maximum Gasteiger partial charge on any atom is 0.114 e. The molecule has 0 atom stereocenters. The van der Waals surface area contributed by atoms with Gasteiger partial charge in [0.15, 0.2) is 0 Å². The van der Waals surface area contributed by atoms with E-state index in [1.165, 1.54) is 5.39 Å². The van der Waals surface area contributed by atoms with Crippen LogP contribution in [0, 0.1) is 0 Å². The largest absolute Gasteiger partial charge is 0.263 e. The van der Waals surface area contributed by atoms with Crippen LogP contribution in [0.4, 0.5) is 0 Å². The highest BCUT2D eigenvalue weighted by Gasteiger charge is 2.07. The topological polar surface area (TPSA) is 43.6 Å². The first-order valence-electron chi connectivity index (χ1n) is 8.24. The van der Waals surface area contributed by atoms with Crippen LogP contribution in [0.5, 0.6) is 0 Å². The lowest BCUT2D eigenvalue weighted by Crippen LogP contribution is -1.98. The lowest BCUT2D eigenvalue weighted by molar-refractivity contribution is 0.766. The molecule has 0 N–H and O–H groups in total. The second kappa shape index (κ2) is 6.04. The van der Waals surface area contributed by atoms with Crippen molar-refractivity contribution >= 4 is 37.7 Å². The first kappa shape index (κ1) is 15.2. The Hall–Kier alpha value is -3.05. The molecule has 0 aliphatic carbocycles. The molecule has 0 saturated heterocycles. The average Bonchev–Trinajstić information content (AvgIpc) is 3.11. The van der Waals surface area contributed by atoms with Crippen molar-refractivity contribution in [3.63, 3.8) is 0 Å². The number of pyridine rings is 1. The Bertz CT molecular complexity index is 1240. The quantitative estimate of drug-likeness (QED) is 0.398. The van der Waals surface area contributed by atoms with E-state index in [1.807, 2.05) is 48.8 Å². The second-order valence-corrected chi connectivity index (χ2v) is 6.99. The molecule has 0 saturated carbocycles. The first-order chi connectivity index (χ1) is 12.8. The lowest BCUT2D eigenvalue weighted by atomic mass is 10.0. The SMILES string of the molecule is Brc1ccc2nn(-c3ccc(-c4cncc5ccccc45)cc3)nc2c1. The van der Waals surface area contributed by atoms with Crippen molar-refractivity contribution in [2.75, 3.05) is 0 Å². The molecule has 4 nitrogen and oxygen atoms in total. The number of benzene rings is 3. The van der Waals surface area contributed by atoms with Crippen molar-refractivity contribution in [2.45, 2.75) is 0 Å². The highest BCUT2D eigenvalue weighted by atomic mass is 79.9. The molecular weight excluding hydrogens is 388 g/mol. The van der Waals surface area contributed by atoms with Crippen LogP contribution in [0.3, 0.4) is 0 Å². The van der Waals surface area contributed by atoms with Crippen LogP contribution in [-0.2, 0) is 0 Å². The number of nitrogens with zero attached hydrogens (tertiary/aromatic N) is 4. The van der Waals surface area contributed by atoms with E-state index in [2.05, 4.69) is 61.4 Å². The number of hydrogen-bond acceptors (Lipinski definition) is 3. The van der Waals surface area contributed by atoms with Gasteiger partial charge in [0, 0.05) is 27.8 Å². The molecule has 0 unspecified atom stereocenters. The minimum atomic E-state index is 0.863. The van der Waals surface area contributed by atoms with Gasteiger partial charge in [-0.3, -0.25) is 4.98 Å². The van der Waals surface area contributed by atoms with Gasteiger partial charge in [-0.15, -0.1) is 10.2 Å². The summed E-state index contributed by atoms with van der Waals surface area (Å²) in [6.07, 6.45) is 3.81. The molecule has 0 aliphatic rings. The molecule has 5 aromatic rings. The molecule has 0 bridgehead atoms. The maximum atomic E-state index is 4.56. The summed E-state index contributed by atoms with van der Waals surface area (Å²) in [6.45, 7) is 0. The summed E-state index contributed by atoms with van der Waals surface area (Å²) in [4.78, 5) is 6.04. The lowest BCUT2D eigenvalue weighted by Gasteiger charge is -2.07. The van der Waals surface area contributed by atoms with E-state index in [4.69, 9.17) is 0 Å². The first-order valence-corrected chi connectivity index (χ1v) is 9.03. The molecule has 2 aromatic heterocycles. The normalized spacial score (nSPS) is 11.3. The number of hydrogen-bond donors (Lipinski definition) is 0. The summed E-state index contributed by atoms with van der Waals surface area (Å²) < 4.78 is 0.996. The summed E-state index contributed by atoms with van der Waals surface area (Å²) in [6, 6.07) is 22.4. The van der Waals surface area contributed by atoms with Gasteiger partial charge in [0.1, 0.15) is 11.0 Å². The Morgan fingerprint density at radius 2 is 1.58 bits per heavy atom. The standard InChI is InChI=1S/C21H13BrN4/c22-16-7-10-20-21(11-16)25-26(24-20)17-8-5-14(6-9-17)19-13-23-12-15-3-1-2-4-18(15)19/h1-13H. The number of rotatable bonds is 2. The number of fused-ring (bicyclic) bond motifs is 2. The van der Waals surface area contributed by atoms with Crippen molar-refractivity contribution in [3.05, 3.63) is 83.6 Å². The predicted molar refractivity (Wildman–Crippen MR) is 107 cm³/mol. The van der Waals surface area contributed by atoms with E-state index >= 15 is 0 Å².